The maximum absolute atomic E-state index is 13.8. The lowest BCUT2D eigenvalue weighted by molar-refractivity contribution is -0.139. The summed E-state index contributed by atoms with van der Waals surface area (Å²) in [5, 5.41) is 0. The number of aromatic nitrogens is 1. The summed E-state index contributed by atoms with van der Waals surface area (Å²) < 4.78 is 24.7. The van der Waals surface area contributed by atoms with Gasteiger partial charge in [-0.15, -0.1) is 0 Å². The molecule has 0 aliphatic carbocycles. The van der Waals surface area contributed by atoms with Crippen molar-refractivity contribution in [2.75, 3.05) is 20.5 Å². The number of hydrogen-bond donors (Lipinski definition) is 0. The van der Waals surface area contributed by atoms with Gasteiger partial charge in [0, 0.05) is 10.0 Å². The summed E-state index contributed by atoms with van der Waals surface area (Å²) in [4.78, 5) is 31.9. The van der Waals surface area contributed by atoms with Crippen LogP contribution in [0.15, 0.2) is 61.9 Å². The second kappa shape index (κ2) is 9.35. The summed E-state index contributed by atoms with van der Waals surface area (Å²) in [5.74, 6) is 1.29. The maximum atomic E-state index is 13.8. The van der Waals surface area contributed by atoms with Crippen molar-refractivity contribution in [1.29, 1.82) is 0 Å². The lowest BCUT2D eigenvalue weighted by Crippen LogP contribution is -2.39. The van der Waals surface area contributed by atoms with Gasteiger partial charge in [-0.05, 0) is 55.8 Å². The number of halogens is 1. The first kappa shape index (κ1) is 23.4. The molecule has 3 heterocycles. The van der Waals surface area contributed by atoms with Crippen LogP contribution in [0.4, 0.5) is 0 Å². The van der Waals surface area contributed by atoms with E-state index in [2.05, 4.69) is 20.9 Å². The Kier molecular flexibility index (Phi) is 6.24. The molecule has 3 aromatic rings. The molecule has 8 nitrogen and oxygen atoms in total. The van der Waals surface area contributed by atoms with Crippen LogP contribution in [0.5, 0.6) is 17.2 Å². The normalized spacial score (nSPS) is 16.7. The monoisotopic (exact) mass is 556 g/mol. The van der Waals surface area contributed by atoms with Gasteiger partial charge in [0.1, 0.15) is 5.75 Å². The third kappa shape index (κ3) is 4.17. The number of carbonyl (C=O) groups excluding carboxylic acids is 1. The van der Waals surface area contributed by atoms with Crippen molar-refractivity contribution in [1.82, 2.24) is 4.57 Å². The Morgan fingerprint density at radius 3 is 2.83 bits per heavy atom. The molecular weight excluding hydrogens is 536 g/mol. The number of esters is 1. The van der Waals surface area contributed by atoms with E-state index in [1.54, 1.807) is 39.2 Å². The third-order valence-corrected chi connectivity index (χ3v) is 7.18. The molecule has 0 unspecified atom stereocenters. The van der Waals surface area contributed by atoms with Gasteiger partial charge in [0.05, 0.1) is 35.6 Å². The first-order chi connectivity index (χ1) is 16.9. The molecule has 2 aromatic carbocycles. The molecule has 2 aliphatic rings. The first-order valence-corrected chi connectivity index (χ1v) is 12.4. The molecule has 0 saturated carbocycles. The average Bonchev–Trinajstić information content (AvgIpc) is 3.42. The Morgan fingerprint density at radius 1 is 1.26 bits per heavy atom. The fourth-order valence-electron chi connectivity index (χ4n) is 4.15. The maximum Gasteiger partial charge on any atom is 0.338 e. The molecule has 5 rings (SSSR count). The van der Waals surface area contributed by atoms with Crippen LogP contribution in [0.2, 0.25) is 0 Å². The number of fused-ring (bicyclic) bond motifs is 2. The second-order valence-corrected chi connectivity index (χ2v) is 9.73. The molecule has 2 aliphatic heterocycles. The van der Waals surface area contributed by atoms with E-state index in [0.29, 0.717) is 43.4 Å². The van der Waals surface area contributed by atoms with Crippen LogP contribution in [0.1, 0.15) is 31.0 Å². The number of allylic oxidation sites excluding steroid dienone is 1. The molecule has 180 valence electrons. The highest BCUT2D eigenvalue weighted by Gasteiger charge is 2.34. The molecule has 0 amide bonds. The molecule has 1 aromatic heterocycles. The SMILES string of the molecule is CCOC(=O)C1=C(C)N=c2sc(=Cc3cc(Br)ccc3OC)c(=O)n2[C@@H]1c1ccc2c(c1)OCO2. The highest BCUT2D eigenvalue weighted by molar-refractivity contribution is 9.10. The zero-order valence-electron chi connectivity index (χ0n) is 19.2. The topological polar surface area (TPSA) is 88.4 Å². The third-order valence-electron chi connectivity index (χ3n) is 5.71. The lowest BCUT2D eigenvalue weighted by Gasteiger charge is -2.24. The number of methoxy groups -OCH3 is 1. The smallest absolute Gasteiger partial charge is 0.338 e. The Hall–Kier alpha value is -3.37. The molecule has 0 radical (unpaired) electrons. The Morgan fingerprint density at radius 2 is 2.06 bits per heavy atom. The van der Waals surface area contributed by atoms with Gasteiger partial charge >= 0.3 is 5.97 Å². The summed E-state index contributed by atoms with van der Waals surface area (Å²) >= 11 is 4.72. The van der Waals surface area contributed by atoms with Crippen LogP contribution in [-0.2, 0) is 9.53 Å². The molecule has 0 fully saturated rings. The van der Waals surface area contributed by atoms with E-state index in [0.717, 1.165) is 10.0 Å². The van der Waals surface area contributed by atoms with Crippen LogP contribution >= 0.6 is 27.3 Å². The minimum atomic E-state index is -0.730. The van der Waals surface area contributed by atoms with Gasteiger partial charge in [-0.3, -0.25) is 9.36 Å². The van der Waals surface area contributed by atoms with Crippen molar-refractivity contribution in [2.45, 2.75) is 19.9 Å². The summed E-state index contributed by atoms with van der Waals surface area (Å²) in [6.07, 6.45) is 1.77. The number of nitrogens with zero attached hydrogens (tertiary/aromatic N) is 2. The van der Waals surface area contributed by atoms with E-state index < -0.39 is 12.0 Å². The summed E-state index contributed by atoms with van der Waals surface area (Å²) in [6, 6.07) is 10.2. The van der Waals surface area contributed by atoms with Crippen molar-refractivity contribution < 1.29 is 23.7 Å². The number of carbonyl (C=O) groups is 1. The predicted molar refractivity (Wildman–Crippen MR) is 134 cm³/mol. The first-order valence-electron chi connectivity index (χ1n) is 10.8. The van der Waals surface area contributed by atoms with Gasteiger partial charge in [-0.25, -0.2) is 9.79 Å². The van der Waals surface area contributed by atoms with E-state index >= 15 is 0 Å². The van der Waals surface area contributed by atoms with Gasteiger partial charge in [0.15, 0.2) is 16.3 Å². The fraction of sp³-hybridized carbons (Fsp3) is 0.240. The van der Waals surface area contributed by atoms with Crippen LogP contribution in [-0.4, -0.2) is 31.0 Å². The Bertz CT molecular complexity index is 1550. The molecular formula is C25H21BrN2O6S. The fourth-order valence-corrected chi connectivity index (χ4v) is 5.57. The molecule has 0 N–H and O–H groups in total. The zero-order valence-corrected chi connectivity index (χ0v) is 21.6. The second-order valence-electron chi connectivity index (χ2n) is 7.80. The molecule has 35 heavy (non-hydrogen) atoms. The molecule has 10 heteroatoms. The average molecular weight is 557 g/mol. The van der Waals surface area contributed by atoms with Crippen LogP contribution in [0.25, 0.3) is 6.08 Å². The van der Waals surface area contributed by atoms with E-state index in [-0.39, 0.29) is 19.0 Å². The van der Waals surface area contributed by atoms with E-state index in [4.69, 9.17) is 18.9 Å². The van der Waals surface area contributed by atoms with Crippen LogP contribution < -0.4 is 29.1 Å². The zero-order chi connectivity index (χ0) is 24.7. The van der Waals surface area contributed by atoms with Gasteiger partial charge in [0.25, 0.3) is 5.56 Å². The number of thiazole rings is 1. The molecule has 1 atom stereocenters. The minimum absolute atomic E-state index is 0.121. The van der Waals surface area contributed by atoms with Gasteiger partial charge < -0.3 is 18.9 Å². The van der Waals surface area contributed by atoms with Crippen molar-refractivity contribution >= 4 is 39.3 Å². The minimum Gasteiger partial charge on any atom is -0.496 e. The summed E-state index contributed by atoms with van der Waals surface area (Å²) in [5.41, 5.74) is 1.98. The summed E-state index contributed by atoms with van der Waals surface area (Å²) in [7, 11) is 1.58. The van der Waals surface area contributed by atoms with Gasteiger partial charge in [-0.1, -0.05) is 33.3 Å². The van der Waals surface area contributed by atoms with Crippen molar-refractivity contribution in [2.24, 2.45) is 4.99 Å². The van der Waals surface area contributed by atoms with E-state index in [9.17, 15) is 9.59 Å². The van der Waals surface area contributed by atoms with Crippen molar-refractivity contribution in [3.8, 4) is 17.2 Å². The number of ether oxygens (including phenoxy) is 4. The van der Waals surface area contributed by atoms with E-state index in [1.165, 1.54) is 15.9 Å². The van der Waals surface area contributed by atoms with Crippen molar-refractivity contribution in [3.05, 3.63) is 83.0 Å². The van der Waals surface area contributed by atoms with Gasteiger partial charge in [0.2, 0.25) is 6.79 Å². The van der Waals surface area contributed by atoms with Crippen LogP contribution in [0.3, 0.4) is 0 Å². The summed E-state index contributed by atoms with van der Waals surface area (Å²) in [6.45, 7) is 3.82. The van der Waals surface area contributed by atoms with Crippen LogP contribution in [0, 0.1) is 0 Å². The number of benzene rings is 2. The highest BCUT2D eigenvalue weighted by atomic mass is 79.9. The molecule has 0 saturated heterocycles. The molecule has 0 spiro atoms. The number of hydrogen-bond acceptors (Lipinski definition) is 8. The lowest BCUT2D eigenvalue weighted by atomic mass is 9.95. The van der Waals surface area contributed by atoms with Gasteiger partial charge in [-0.2, -0.15) is 0 Å². The van der Waals surface area contributed by atoms with Crippen molar-refractivity contribution in [3.63, 3.8) is 0 Å². The molecule has 0 bridgehead atoms. The largest absolute Gasteiger partial charge is 0.496 e. The Labute approximate surface area is 212 Å². The Balaban J connectivity index is 1.74. The predicted octanol–water partition coefficient (Wildman–Crippen LogP) is 3.30. The van der Waals surface area contributed by atoms with E-state index in [1.807, 2.05) is 24.3 Å². The highest BCUT2D eigenvalue weighted by Crippen LogP contribution is 2.38. The number of rotatable bonds is 5. The quantitative estimate of drug-likeness (QED) is 0.448. The standard InChI is InChI=1S/C25H21BrN2O6S/c1-4-32-24(30)21-13(2)27-25-28(22(21)14-5-7-18-19(10-14)34-12-33-18)23(29)20(35-25)11-15-9-16(26)6-8-17(15)31-3/h5-11,22H,4,12H2,1-3H3/t22-/m1/s1.